The standard InChI is InChI=1S/C13H19NO2/c1-11(5-6-11)12(2,15)13(8-14)7-9-3-4-10(13)16-9/h9-10,15H,3-7H2,1-2H3. The normalized spacial score (nSPS) is 47.4. The van der Waals surface area contributed by atoms with Gasteiger partial charge in [-0.3, -0.25) is 0 Å². The summed E-state index contributed by atoms with van der Waals surface area (Å²) in [5.74, 6) is 0. The number of rotatable bonds is 2. The van der Waals surface area contributed by atoms with Gasteiger partial charge in [0.2, 0.25) is 0 Å². The Kier molecular flexibility index (Phi) is 1.85. The molecular formula is C13H19NO2. The maximum Gasteiger partial charge on any atom is 0.115 e. The van der Waals surface area contributed by atoms with Gasteiger partial charge in [0, 0.05) is 0 Å². The van der Waals surface area contributed by atoms with E-state index in [1.807, 2.05) is 6.92 Å². The fourth-order valence-electron chi connectivity index (χ4n) is 3.66. The highest BCUT2D eigenvalue weighted by molar-refractivity contribution is 5.25. The Hall–Kier alpha value is -0.590. The second kappa shape index (κ2) is 2.80. The van der Waals surface area contributed by atoms with Gasteiger partial charge in [-0.15, -0.1) is 0 Å². The minimum atomic E-state index is -0.908. The summed E-state index contributed by atoms with van der Waals surface area (Å²) in [5, 5.41) is 20.5. The summed E-state index contributed by atoms with van der Waals surface area (Å²) >= 11 is 0. The predicted molar refractivity (Wildman–Crippen MR) is 58.5 cm³/mol. The molecule has 1 saturated carbocycles. The van der Waals surface area contributed by atoms with Crippen LogP contribution in [0.3, 0.4) is 0 Å². The van der Waals surface area contributed by atoms with Crippen LogP contribution >= 0.6 is 0 Å². The molecule has 0 aromatic heterocycles. The Balaban J connectivity index is 2.00. The van der Waals surface area contributed by atoms with Crippen LogP contribution in [0.15, 0.2) is 0 Å². The monoisotopic (exact) mass is 221 g/mol. The van der Waals surface area contributed by atoms with Crippen LogP contribution in [-0.2, 0) is 4.74 Å². The molecule has 2 heterocycles. The molecule has 4 atom stereocenters. The molecule has 3 rings (SSSR count). The number of hydrogen-bond acceptors (Lipinski definition) is 3. The van der Waals surface area contributed by atoms with Crippen molar-refractivity contribution in [1.29, 1.82) is 5.26 Å². The Morgan fingerprint density at radius 2 is 2.12 bits per heavy atom. The first-order valence-electron chi connectivity index (χ1n) is 6.24. The molecule has 0 amide bonds. The molecule has 4 unspecified atom stereocenters. The van der Waals surface area contributed by atoms with E-state index in [1.165, 1.54) is 0 Å². The molecule has 0 aromatic rings. The first kappa shape index (κ1) is 10.6. The summed E-state index contributed by atoms with van der Waals surface area (Å²) in [5.41, 5.74) is -1.65. The van der Waals surface area contributed by atoms with Crippen molar-refractivity contribution >= 4 is 0 Å². The quantitative estimate of drug-likeness (QED) is 0.776. The summed E-state index contributed by atoms with van der Waals surface area (Å²) < 4.78 is 5.81. The molecule has 2 aliphatic heterocycles. The van der Waals surface area contributed by atoms with Crippen molar-refractivity contribution in [3.05, 3.63) is 0 Å². The van der Waals surface area contributed by atoms with Crippen molar-refractivity contribution in [1.82, 2.24) is 0 Å². The van der Waals surface area contributed by atoms with Crippen molar-refractivity contribution in [2.24, 2.45) is 10.8 Å². The molecule has 88 valence electrons. The van der Waals surface area contributed by atoms with Crippen molar-refractivity contribution in [3.63, 3.8) is 0 Å². The molecule has 3 heteroatoms. The summed E-state index contributed by atoms with van der Waals surface area (Å²) in [6.45, 7) is 3.95. The van der Waals surface area contributed by atoms with Crippen LogP contribution in [0.25, 0.3) is 0 Å². The Bertz CT molecular complexity index is 367. The van der Waals surface area contributed by atoms with E-state index in [0.717, 1.165) is 32.1 Å². The lowest BCUT2D eigenvalue weighted by Crippen LogP contribution is -2.55. The minimum Gasteiger partial charge on any atom is -0.388 e. The molecule has 1 aliphatic carbocycles. The van der Waals surface area contributed by atoms with Crippen LogP contribution in [0.4, 0.5) is 0 Å². The molecule has 3 aliphatic rings. The third-order valence-corrected chi connectivity index (χ3v) is 5.45. The van der Waals surface area contributed by atoms with Crippen molar-refractivity contribution in [2.45, 2.75) is 63.8 Å². The van der Waals surface area contributed by atoms with Crippen LogP contribution in [0.5, 0.6) is 0 Å². The lowest BCUT2D eigenvalue weighted by atomic mass is 9.59. The van der Waals surface area contributed by atoms with Gasteiger partial charge < -0.3 is 9.84 Å². The van der Waals surface area contributed by atoms with Gasteiger partial charge in [0.05, 0.1) is 23.9 Å². The van der Waals surface area contributed by atoms with E-state index < -0.39 is 11.0 Å². The number of nitrogens with zero attached hydrogens (tertiary/aromatic N) is 1. The van der Waals surface area contributed by atoms with Crippen molar-refractivity contribution < 1.29 is 9.84 Å². The molecule has 3 fully saturated rings. The van der Waals surface area contributed by atoms with Crippen LogP contribution in [0.1, 0.15) is 46.0 Å². The highest BCUT2D eigenvalue weighted by Crippen LogP contribution is 2.65. The average Bonchev–Trinajstić information content (AvgIpc) is 2.77. The zero-order valence-electron chi connectivity index (χ0n) is 9.99. The molecule has 1 N–H and O–H groups in total. The Morgan fingerprint density at radius 1 is 1.44 bits per heavy atom. The van der Waals surface area contributed by atoms with Gasteiger partial charge in [-0.05, 0) is 44.4 Å². The van der Waals surface area contributed by atoms with Gasteiger partial charge in [-0.2, -0.15) is 5.26 Å². The van der Waals surface area contributed by atoms with E-state index in [9.17, 15) is 10.4 Å². The zero-order valence-corrected chi connectivity index (χ0v) is 9.99. The van der Waals surface area contributed by atoms with E-state index in [1.54, 1.807) is 0 Å². The SMILES string of the molecule is CC1(C(C)(O)C2(C#N)CC3CCC2O3)CC1. The highest BCUT2D eigenvalue weighted by Gasteiger charge is 2.69. The number of nitriles is 1. The smallest absolute Gasteiger partial charge is 0.115 e. The topological polar surface area (TPSA) is 53.2 Å². The van der Waals surface area contributed by atoms with Crippen LogP contribution in [0, 0.1) is 22.2 Å². The fraction of sp³-hybridized carbons (Fsp3) is 0.923. The third kappa shape index (κ3) is 1.00. The predicted octanol–water partition coefficient (Wildman–Crippen LogP) is 2.00. The lowest BCUT2D eigenvalue weighted by Gasteiger charge is -2.45. The molecule has 16 heavy (non-hydrogen) atoms. The highest BCUT2D eigenvalue weighted by atomic mass is 16.5. The first-order valence-corrected chi connectivity index (χ1v) is 6.24. The maximum atomic E-state index is 10.9. The second-order valence-corrected chi connectivity index (χ2v) is 6.24. The molecule has 3 nitrogen and oxygen atoms in total. The third-order valence-electron chi connectivity index (χ3n) is 5.45. The Morgan fingerprint density at radius 3 is 2.50 bits per heavy atom. The zero-order chi connectivity index (χ0) is 11.6. The molecule has 2 saturated heterocycles. The van der Waals surface area contributed by atoms with Gasteiger partial charge >= 0.3 is 0 Å². The van der Waals surface area contributed by atoms with Crippen LogP contribution in [-0.4, -0.2) is 22.9 Å². The fourth-order valence-corrected chi connectivity index (χ4v) is 3.66. The van der Waals surface area contributed by atoms with Gasteiger partial charge in [-0.1, -0.05) is 6.92 Å². The number of aliphatic hydroxyl groups is 1. The van der Waals surface area contributed by atoms with E-state index in [2.05, 4.69) is 13.0 Å². The summed E-state index contributed by atoms with van der Waals surface area (Å²) in [7, 11) is 0. The maximum absolute atomic E-state index is 10.9. The van der Waals surface area contributed by atoms with E-state index in [-0.39, 0.29) is 17.6 Å². The summed E-state index contributed by atoms with van der Waals surface area (Å²) in [6.07, 6.45) is 4.93. The van der Waals surface area contributed by atoms with Crippen LogP contribution in [0.2, 0.25) is 0 Å². The molecule has 0 radical (unpaired) electrons. The molecular weight excluding hydrogens is 202 g/mol. The van der Waals surface area contributed by atoms with Gasteiger partial charge in [0.25, 0.3) is 0 Å². The molecule has 0 spiro atoms. The van der Waals surface area contributed by atoms with Crippen molar-refractivity contribution in [3.8, 4) is 6.07 Å². The Labute approximate surface area is 96.4 Å². The average molecular weight is 221 g/mol. The summed E-state index contributed by atoms with van der Waals surface area (Å²) in [6, 6.07) is 2.42. The van der Waals surface area contributed by atoms with E-state index in [4.69, 9.17) is 4.74 Å². The molecule has 2 bridgehead atoms. The largest absolute Gasteiger partial charge is 0.388 e. The summed E-state index contributed by atoms with van der Waals surface area (Å²) in [4.78, 5) is 0. The number of hydrogen-bond donors (Lipinski definition) is 1. The van der Waals surface area contributed by atoms with Gasteiger partial charge in [0.1, 0.15) is 5.41 Å². The van der Waals surface area contributed by atoms with Gasteiger partial charge in [0.15, 0.2) is 0 Å². The number of fused-ring (bicyclic) bond motifs is 2. The second-order valence-electron chi connectivity index (χ2n) is 6.24. The lowest BCUT2D eigenvalue weighted by molar-refractivity contribution is -0.117. The minimum absolute atomic E-state index is 0.0464. The van der Waals surface area contributed by atoms with E-state index in [0.29, 0.717) is 0 Å². The van der Waals surface area contributed by atoms with Crippen molar-refractivity contribution in [2.75, 3.05) is 0 Å². The number of ether oxygens (including phenoxy) is 1. The van der Waals surface area contributed by atoms with Crippen LogP contribution < -0.4 is 0 Å². The van der Waals surface area contributed by atoms with E-state index >= 15 is 0 Å². The first-order chi connectivity index (χ1) is 7.45. The molecule has 0 aromatic carbocycles. The van der Waals surface area contributed by atoms with Gasteiger partial charge in [-0.25, -0.2) is 0 Å².